The molecule has 0 saturated carbocycles. The number of hydrogen-bond acceptors (Lipinski definition) is 3. The average Bonchev–Trinajstić information content (AvgIpc) is 2.66. The van der Waals surface area contributed by atoms with Gasteiger partial charge in [-0.25, -0.2) is 4.39 Å². The second-order valence-corrected chi connectivity index (χ2v) is 14.2. The summed E-state index contributed by atoms with van der Waals surface area (Å²) in [6, 6.07) is 9.82. The number of aromatic nitrogens is 1. The molecule has 1 aliphatic heterocycles. The zero-order valence-electron chi connectivity index (χ0n) is 18.6. The van der Waals surface area contributed by atoms with Gasteiger partial charge in [-0.2, -0.15) is 0 Å². The molecule has 0 radical (unpaired) electrons. The van der Waals surface area contributed by atoms with Crippen LogP contribution in [-0.2, 0) is 11.0 Å². The fourth-order valence-electron chi connectivity index (χ4n) is 3.29. The summed E-state index contributed by atoms with van der Waals surface area (Å²) in [4.78, 5) is 6.39. The highest BCUT2D eigenvalue weighted by Crippen LogP contribution is 2.37. The molecule has 1 aliphatic rings. The molecule has 0 fully saturated rings. The molecular formula is C24H33FN2OSi. The van der Waals surface area contributed by atoms with E-state index in [2.05, 4.69) is 55.9 Å². The summed E-state index contributed by atoms with van der Waals surface area (Å²) in [5.41, 5.74) is 4.86. The Balaban J connectivity index is 1.73. The summed E-state index contributed by atoms with van der Waals surface area (Å²) in [6.07, 6.45) is 4.95. The second kappa shape index (κ2) is 8.40. The number of benzene rings is 1. The fourth-order valence-corrected chi connectivity index (χ4v) is 4.24. The third kappa shape index (κ3) is 4.96. The molecule has 0 bridgehead atoms. The van der Waals surface area contributed by atoms with Gasteiger partial charge in [0.2, 0.25) is 0 Å². The molecule has 1 aromatic heterocycles. The third-order valence-electron chi connectivity index (χ3n) is 6.27. The second-order valence-electron chi connectivity index (χ2n) is 9.41. The summed E-state index contributed by atoms with van der Waals surface area (Å²) >= 11 is 0. The van der Waals surface area contributed by atoms with E-state index in [4.69, 9.17) is 4.43 Å². The Morgan fingerprint density at radius 3 is 2.59 bits per heavy atom. The Hall–Kier alpha value is -1.98. The minimum Gasteiger partial charge on any atom is -0.412 e. The number of rotatable bonds is 5. The van der Waals surface area contributed by atoms with Crippen molar-refractivity contribution in [2.24, 2.45) is 0 Å². The molecule has 3 nitrogen and oxygen atoms in total. The Kier molecular flexibility index (Phi) is 6.29. The van der Waals surface area contributed by atoms with E-state index in [0.29, 0.717) is 24.4 Å². The van der Waals surface area contributed by atoms with Gasteiger partial charge in [0.25, 0.3) is 0 Å². The normalized spacial score (nSPS) is 15.4. The first-order chi connectivity index (χ1) is 13.6. The van der Waals surface area contributed by atoms with Crippen LogP contribution in [0.3, 0.4) is 0 Å². The van der Waals surface area contributed by atoms with E-state index in [-0.39, 0.29) is 10.9 Å². The van der Waals surface area contributed by atoms with E-state index in [9.17, 15) is 0 Å². The number of pyridine rings is 1. The predicted molar refractivity (Wildman–Crippen MR) is 122 cm³/mol. The van der Waals surface area contributed by atoms with Gasteiger partial charge in [0, 0.05) is 30.5 Å². The largest absolute Gasteiger partial charge is 0.412 e. The van der Waals surface area contributed by atoms with Crippen molar-refractivity contribution in [3.8, 4) is 0 Å². The highest BCUT2D eigenvalue weighted by Gasteiger charge is 2.37. The summed E-state index contributed by atoms with van der Waals surface area (Å²) < 4.78 is 21.5. The molecule has 0 spiro atoms. The van der Waals surface area contributed by atoms with Gasteiger partial charge in [0.05, 0.1) is 12.3 Å². The van der Waals surface area contributed by atoms with Gasteiger partial charge >= 0.3 is 0 Å². The molecule has 2 heterocycles. The highest BCUT2D eigenvalue weighted by molar-refractivity contribution is 6.74. The molecular weight excluding hydrogens is 379 g/mol. The molecule has 2 aromatic rings. The molecule has 3 rings (SSSR count). The SMILES string of the molecule is Cc1cc(C2=CCN(c3cccc(CO[Si](C)(C)C(C)(C)C)c3F)CC2)ccn1. The van der Waals surface area contributed by atoms with Crippen LogP contribution < -0.4 is 4.90 Å². The van der Waals surface area contributed by atoms with Crippen LogP contribution in [0.25, 0.3) is 5.57 Å². The van der Waals surface area contributed by atoms with Crippen molar-refractivity contribution in [1.82, 2.24) is 4.98 Å². The lowest BCUT2D eigenvalue weighted by Gasteiger charge is -2.36. The maximum absolute atomic E-state index is 15.3. The lowest BCUT2D eigenvalue weighted by molar-refractivity contribution is 0.271. The van der Waals surface area contributed by atoms with Gasteiger partial charge in [0.1, 0.15) is 0 Å². The maximum Gasteiger partial charge on any atom is 0.192 e. The Labute approximate surface area is 175 Å². The predicted octanol–water partition coefficient (Wildman–Crippen LogP) is 6.34. The summed E-state index contributed by atoms with van der Waals surface area (Å²) in [5.74, 6) is -0.150. The topological polar surface area (TPSA) is 25.4 Å². The van der Waals surface area contributed by atoms with Crippen LogP contribution >= 0.6 is 0 Å². The lowest BCUT2D eigenvalue weighted by Crippen LogP contribution is -2.40. The van der Waals surface area contributed by atoms with E-state index in [1.165, 1.54) is 11.1 Å². The summed E-state index contributed by atoms with van der Waals surface area (Å²) in [7, 11) is -1.91. The van der Waals surface area contributed by atoms with Crippen LogP contribution in [0.2, 0.25) is 18.1 Å². The van der Waals surface area contributed by atoms with Crippen molar-refractivity contribution in [1.29, 1.82) is 0 Å². The molecule has 29 heavy (non-hydrogen) atoms. The van der Waals surface area contributed by atoms with E-state index in [0.717, 1.165) is 18.7 Å². The van der Waals surface area contributed by atoms with Gasteiger partial charge in [0.15, 0.2) is 14.1 Å². The van der Waals surface area contributed by atoms with Crippen LogP contribution in [0.5, 0.6) is 0 Å². The van der Waals surface area contributed by atoms with Crippen LogP contribution in [0.1, 0.15) is 44.0 Å². The highest BCUT2D eigenvalue weighted by atomic mass is 28.4. The fraction of sp³-hybridized carbons (Fsp3) is 0.458. The van der Waals surface area contributed by atoms with Gasteiger partial charge in [-0.05, 0) is 60.8 Å². The molecule has 0 saturated heterocycles. The van der Waals surface area contributed by atoms with Gasteiger partial charge < -0.3 is 9.33 Å². The number of halogens is 1. The average molecular weight is 413 g/mol. The molecule has 0 N–H and O–H groups in total. The van der Waals surface area contributed by atoms with E-state index < -0.39 is 8.32 Å². The Morgan fingerprint density at radius 1 is 1.21 bits per heavy atom. The van der Waals surface area contributed by atoms with E-state index in [1.807, 2.05) is 37.4 Å². The van der Waals surface area contributed by atoms with Crippen molar-refractivity contribution < 1.29 is 8.82 Å². The molecule has 5 heteroatoms. The van der Waals surface area contributed by atoms with Crippen molar-refractivity contribution >= 4 is 19.6 Å². The Morgan fingerprint density at radius 2 is 1.97 bits per heavy atom. The first-order valence-corrected chi connectivity index (χ1v) is 13.3. The Bertz CT molecular complexity index is 902. The zero-order valence-corrected chi connectivity index (χ0v) is 19.6. The molecule has 0 amide bonds. The van der Waals surface area contributed by atoms with Crippen molar-refractivity contribution in [2.45, 2.75) is 58.9 Å². The molecule has 0 unspecified atom stereocenters. The number of nitrogens with zero attached hydrogens (tertiary/aromatic N) is 2. The van der Waals surface area contributed by atoms with Crippen LogP contribution in [0, 0.1) is 12.7 Å². The van der Waals surface area contributed by atoms with Gasteiger partial charge in [-0.1, -0.05) is 39.0 Å². The van der Waals surface area contributed by atoms with Crippen molar-refractivity contribution in [2.75, 3.05) is 18.0 Å². The third-order valence-corrected chi connectivity index (χ3v) is 10.7. The monoisotopic (exact) mass is 412 g/mol. The number of hydrogen-bond donors (Lipinski definition) is 0. The molecule has 0 atom stereocenters. The minimum atomic E-state index is -1.91. The molecule has 156 valence electrons. The molecule has 0 aliphatic carbocycles. The first kappa shape index (κ1) is 21.7. The first-order valence-electron chi connectivity index (χ1n) is 10.4. The quantitative estimate of drug-likeness (QED) is 0.535. The lowest BCUT2D eigenvalue weighted by atomic mass is 9.99. The van der Waals surface area contributed by atoms with Crippen LogP contribution in [0.15, 0.2) is 42.6 Å². The summed E-state index contributed by atoms with van der Waals surface area (Å²) in [5, 5.41) is 0.112. The number of aryl methyl sites for hydroxylation is 1. The minimum absolute atomic E-state index is 0.112. The van der Waals surface area contributed by atoms with Gasteiger partial charge in [-0.15, -0.1) is 0 Å². The standard InChI is InChI=1S/C24H33FN2OSi/c1-18-16-20(10-13-26-18)19-11-14-27(15-12-19)22-9-7-8-21(23(22)25)17-28-29(5,6)24(2,3)4/h7-11,13,16H,12,14-15,17H2,1-6H3. The van der Waals surface area contributed by atoms with Crippen LogP contribution in [0.4, 0.5) is 10.1 Å². The maximum atomic E-state index is 15.3. The van der Waals surface area contributed by atoms with E-state index in [1.54, 1.807) is 0 Å². The van der Waals surface area contributed by atoms with Crippen molar-refractivity contribution in [3.05, 3.63) is 65.2 Å². The molecule has 1 aromatic carbocycles. The summed E-state index contributed by atoms with van der Waals surface area (Å²) in [6.45, 7) is 14.9. The van der Waals surface area contributed by atoms with E-state index >= 15 is 4.39 Å². The van der Waals surface area contributed by atoms with Crippen LogP contribution in [-0.4, -0.2) is 26.4 Å². The van der Waals surface area contributed by atoms with Gasteiger partial charge in [-0.3, -0.25) is 4.98 Å². The number of anilines is 1. The van der Waals surface area contributed by atoms with Crippen molar-refractivity contribution in [3.63, 3.8) is 0 Å². The smallest absolute Gasteiger partial charge is 0.192 e. The zero-order chi connectivity index (χ0) is 21.2.